The summed E-state index contributed by atoms with van der Waals surface area (Å²) in [6, 6.07) is 6.91. The standard InChI is InChI=1S/C30H26F3N5O3S/c1-14(2)40-23-6-4-16(9-21(23)33)26(34)25-29(35)36-13-37-30(25)38-15(3)28-24(17-8-19(32)12-42-11-17)27(39)20-10-18(31)5-7-22(20)41-28/h4-11,13-15,34H,12H2,1-3H3,(H3,35,36,37,38)/t15-/m0/s1. The van der Waals surface area contributed by atoms with E-state index in [1.54, 1.807) is 26.2 Å². The van der Waals surface area contributed by atoms with Crippen LogP contribution in [0.3, 0.4) is 0 Å². The molecular weight excluding hydrogens is 567 g/mol. The predicted molar refractivity (Wildman–Crippen MR) is 159 cm³/mol. The van der Waals surface area contributed by atoms with Crippen molar-refractivity contribution >= 4 is 45.7 Å². The Morgan fingerprint density at radius 1 is 1.14 bits per heavy atom. The Balaban J connectivity index is 1.58. The zero-order valence-corrected chi connectivity index (χ0v) is 23.6. The highest BCUT2D eigenvalue weighted by Gasteiger charge is 2.26. The van der Waals surface area contributed by atoms with Crippen molar-refractivity contribution in [1.82, 2.24) is 9.97 Å². The maximum Gasteiger partial charge on any atom is 0.200 e. The molecule has 2 aromatic heterocycles. The molecule has 216 valence electrons. The summed E-state index contributed by atoms with van der Waals surface area (Å²) in [5, 5.41) is 13.6. The molecule has 0 spiro atoms. The number of nitrogens with one attached hydrogen (secondary N) is 2. The first-order chi connectivity index (χ1) is 20.0. The normalized spacial score (nSPS) is 14.0. The number of rotatable bonds is 8. The molecule has 3 heterocycles. The minimum absolute atomic E-state index is 0.00639. The molecule has 0 saturated heterocycles. The highest BCUT2D eigenvalue weighted by Crippen LogP contribution is 2.35. The second kappa shape index (κ2) is 11.7. The van der Waals surface area contributed by atoms with Crippen molar-refractivity contribution in [3.05, 3.63) is 104 Å². The molecule has 8 nitrogen and oxygen atoms in total. The lowest BCUT2D eigenvalue weighted by atomic mass is 9.98. The monoisotopic (exact) mass is 593 g/mol. The summed E-state index contributed by atoms with van der Waals surface area (Å²) in [7, 11) is 0. The van der Waals surface area contributed by atoms with Crippen molar-refractivity contribution in [2.45, 2.75) is 32.9 Å². The predicted octanol–water partition coefficient (Wildman–Crippen LogP) is 6.76. The molecule has 0 radical (unpaired) electrons. The van der Waals surface area contributed by atoms with Crippen LogP contribution in [-0.4, -0.2) is 27.5 Å². The van der Waals surface area contributed by atoms with Gasteiger partial charge in [-0.25, -0.2) is 23.1 Å². The second-order valence-corrected chi connectivity index (χ2v) is 10.7. The molecule has 4 aromatic rings. The summed E-state index contributed by atoms with van der Waals surface area (Å²) < 4.78 is 54.6. The van der Waals surface area contributed by atoms with Crippen LogP contribution in [-0.2, 0) is 0 Å². The van der Waals surface area contributed by atoms with E-state index in [2.05, 4.69) is 15.3 Å². The molecule has 4 N–H and O–H groups in total. The summed E-state index contributed by atoms with van der Waals surface area (Å²) in [6.45, 7) is 5.22. The molecule has 0 saturated carbocycles. The Bertz CT molecular complexity index is 1840. The quantitative estimate of drug-likeness (QED) is 0.191. The van der Waals surface area contributed by atoms with Gasteiger partial charge < -0.3 is 20.2 Å². The van der Waals surface area contributed by atoms with Gasteiger partial charge in [0, 0.05) is 11.3 Å². The summed E-state index contributed by atoms with van der Waals surface area (Å²) in [4.78, 5) is 21.9. The molecule has 5 rings (SSSR count). The lowest BCUT2D eigenvalue weighted by molar-refractivity contribution is 0.231. The second-order valence-electron chi connectivity index (χ2n) is 9.82. The molecular formula is C30H26F3N5O3S. The van der Waals surface area contributed by atoms with E-state index in [1.165, 1.54) is 48.4 Å². The number of fused-ring (bicyclic) bond motifs is 1. The van der Waals surface area contributed by atoms with Crippen LogP contribution in [0, 0.1) is 17.0 Å². The summed E-state index contributed by atoms with van der Waals surface area (Å²) in [5.41, 5.74) is 6.22. The van der Waals surface area contributed by atoms with Gasteiger partial charge in [-0.1, -0.05) is 0 Å². The van der Waals surface area contributed by atoms with Crippen LogP contribution in [0.2, 0.25) is 0 Å². The van der Waals surface area contributed by atoms with E-state index >= 15 is 0 Å². The molecule has 42 heavy (non-hydrogen) atoms. The van der Waals surface area contributed by atoms with Crippen molar-refractivity contribution in [1.29, 1.82) is 5.41 Å². The Kier molecular flexibility index (Phi) is 8.08. The highest BCUT2D eigenvalue weighted by atomic mass is 32.2. The zero-order chi connectivity index (χ0) is 30.1. The third-order valence-corrected chi connectivity index (χ3v) is 7.23. The summed E-state index contributed by atoms with van der Waals surface area (Å²) >= 11 is 1.17. The Labute approximate surface area is 243 Å². The Hall–Kier alpha value is -4.58. The molecule has 1 atom stereocenters. The molecule has 1 aliphatic heterocycles. The van der Waals surface area contributed by atoms with Crippen molar-refractivity contribution < 1.29 is 22.3 Å². The number of halogens is 3. The van der Waals surface area contributed by atoms with Crippen LogP contribution < -0.4 is 21.2 Å². The van der Waals surface area contributed by atoms with Crippen LogP contribution >= 0.6 is 11.8 Å². The van der Waals surface area contributed by atoms with Crippen LogP contribution in [0.25, 0.3) is 16.5 Å². The van der Waals surface area contributed by atoms with Crippen LogP contribution in [0.1, 0.15) is 49.3 Å². The van der Waals surface area contributed by atoms with Gasteiger partial charge in [-0.05, 0) is 74.2 Å². The smallest absolute Gasteiger partial charge is 0.200 e. The van der Waals surface area contributed by atoms with Gasteiger partial charge in [-0.15, -0.1) is 11.8 Å². The van der Waals surface area contributed by atoms with Gasteiger partial charge in [-0.2, -0.15) is 0 Å². The molecule has 0 fully saturated rings. The van der Waals surface area contributed by atoms with E-state index < -0.39 is 28.9 Å². The minimum Gasteiger partial charge on any atom is -0.488 e. The summed E-state index contributed by atoms with van der Waals surface area (Å²) in [6.07, 6.45) is 2.20. The Morgan fingerprint density at radius 3 is 2.64 bits per heavy atom. The lowest BCUT2D eigenvalue weighted by Crippen LogP contribution is -2.20. The maximum atomic E-state index is 14.8. The van der Waals surface area contributed by atoms with E-state index in [-0.39, 0.29) is 73.9 Å². The lowest BCUT2D eigenvalue weighted by Gasteiger charge is -2.21. The first-order valence-electron chi connectivity index (χ1n) is 12.9. The number of allylic oxidation sites excluding steroid dienone is 2. The number of thioether (sulfide) groups is 1. The number of nitrogen functional groups attached to an aromatic ring is 1. The number of benzene rings is 2. The number of nitrogens with zero attached hydrogens (tertiary/aromatic N) is 2. The van der Waals surface area contributed by atoms with Crippen LogP contribution in [0.5, 0.6) is 5.75 Å². The van der Waals surface area contributed by atoms with Crippen molar-refractivity contribution in [2.75, 3.05) is 16.8 Å². The van der Waals surface area contributed by atoms with E-state index in [1.807, 2.05) is 0 Å². The number of anilines is 2. The highest BCUT2D eigenvalue weighted by molar-refractivity contribution is 8.02. The fraction of sp³-hybridized carbons (Fsp3) is 0.200. The van der Waals surface area contributed by atoms with E-state index in [4.69, 9.17) is 20.3 Å². The first-order valence-corrected chi connectivity index (χ1v) is 13.9. The van der Waals surface area contributed by atoms with Crippen molar-refractivity contribution in [2.24, 2.45) is 0 Å². The first kappa shape index (κ1) is 28.9. The third kappa shape index (κ3) is 5.75. The maximum absolute atomic E-state index is 14.8. The molecule has 0 aliphatic carbocycles. The number of ether oxygens (including phenoxy) is 1. The molecule has 0 bridgehead atoms. The topological polar surface area (TPSA) is 127 Å². The van der Waals surface area contributed by atoms with Gasteiger partial charge in [0.1, 0.15) is 41.0 Å². The van der Waals surface area contributed by atoms with Crippen molar-refractivity contribution in [3.63, 3.8) is 0 Å². The van der Waals surface area contributed by atoms with Gasteiger partial charge in [0.25, 0.3) is 0 Å². The number of hydrogen-bond acceptors (Lipinski definition) is 9. The molecule has 0 unspecified atom stereocenters. The number of hydrogen-bond donors (Lipinski definition) is 3. The van der Waals surface area contributed by atoms with Gasteiger partial charge >= 0.3 is 0 Å². The van der Waals surface area contributed by atoms with E-state index in [0.29, 0.717) is 0 Å². The minimum atomic E-state index is -0.786. The Morgan fingerprint density at radius 2 is 1.93 bits per heavy atom. The molecule has 0 amide bonds. The van der Waals surface area contributed by atoms with E-state index in [9.17, 15) is 18.0 Å². The summed E-state index contributed by atoms with van der Waals surface area (Å²) in [5.74, 6) is -1.33. The molecule has 1 aliphatic rings. The zero-order valence-electron chi connectivity index (χ0n) is 22.8. The average molecular weight is 594 g/mol. The van der Waals surface area contributed by atoms with Crippen LogP contribution in [0.15, 0.2) is 69.2 Å². The van der Waals surface area contributed by atoms with Crippen LogP contribution in [0.4, 0.5) is 24.8 Å². The van der Waals surface area contributed by atoms with Gasteiger partial charge in [0.2, 0.25) is 5.43 Å². The van der Waals surface area contributed by atoms with E-state index in [0.717, 1.165) is 12.1 Å². The average Bonchev–Trinajstić information content (AvgIpc) is 2.94. The SMILES string of the molecule is CC(C)Oc1ccc(C(=N)c2c(N)ncnc2N[C@@H](C)c2oc3ccc(F)cc3c(=O)c2C2=CSCC(F)=C2)cc1F. The number of nitrogens with two attached hydrogens (primary N) is 1. The molecule has 2 aromatic carbocycles. The van der Waals surface area contributed by atoms with Gasteiger partial charge in [-0.3, -0.25) is 10.2 Å². The van der Waals surface area contributed by atoms with Gasteiger partial charge in [0.15, 0.2) is 11.6 Å². The fourth-order valence-corrected chi connectivity index (χ4v) is 5.22. The fourth-order valence-electron chi connectivity index (χ4n) is 4.53. The number of aromatic nitrogens is 2. The van der Waals surface area contributed by atoms with Gasteiger partial charge in [0.05, 0.1) is 34.4 Å². The molecule has 12 heteroatoms. The largest absolute Gasteiger partial charge is 0.488 e. The third-order valence-electron chi connectivity index (χ3n) is 6.37. The van der Waals surface area contributed by atoms with Crippen molar-refractivity contribution in [3.8, 4) is 5.75 Å².